The average Bonchev–Trinajstić information content (AvgIpc) is 2.89. The van der Waals surface area contributed by atoms with Crippen LogP contribution in [0, 0.1) is 17.8 Å². The van der Waals surface area contributed by atoms with E-state index in [1.165, 1.54) is 0 Å². The van der Waals surface area contributed by atoms with Crippen LogP contribution in [-0.2, 0) is 4.79 Å². The van der Waals surface area contributed by atoms with Crippen LogP contribution >= 0.6 is 0 Å². The predicted octanol–water partition coefficient (Wildman–Crippen LogP) is 0.391. The van der Waals surface area contributed by atoms with E-state index in [2.05, 4.69) is 10.2 Å². The van der Waals surface area contributed by atoms with Crippen molar-refractivity contribution in [3.63, 3.8) is 0 Å². The number of rotatable bonds is 2. The number of carboxylic acid groups (broad SMARTS) is 1. The summed E-state index contributed by atoms with van der Waals surface area (Å²) in [7, 11) is 0. The Morgan fingerprint density at radius 1 is 1.12 bits per heavy atom. The van der Waals surface area contributed by atoms with E-state index >= 15 is 0 Å². The van der Waals surface area contributed by atoms with E-state index in [4.69, 9.17) is 5.11 Å². The van der Waals surface area contributed by atoms with Crippen molar-refractivity contribution in [2.24, 2.45) is 17.8 Å². The number of aliphatic carboxylic acids is 1. The van der Waals surface area contributed by atoms with E-state index in [-0.39, 0.29) is 5.92 Å². The predicted molar refractivity (Wildman–Crippen MR) is 60.2 cm³/mol. The highest BCUT2D eigenvalue weighted by Crippen LogP contribution is 2.50. The molecule has 2 saturated carbocycles. The lowest BCUT2D eigenvalue weighted by Gasteiger charge is -2.38. The molecule has 0 aromatic heterocycles. The Hall–Kier alpha value is -0.610. The Labute approximate surface area is 96.0 Å². The zero-order chi connectivity index (χ0) is 11.1. The fourth-order valence-electron chi connectivity index (χ4n) is 4.01. The first-order valence-electron chi connectivity index (χ1n) is 6.43. The maximum atomic E-state index is 11.1. The molecule has 16 heavy (non-hydrogen) atoms. The van der Waals surface area contributed by atoms with Crippen LogP contribution in [0.2, 0.25) is 0 Å². The van der Waals surface area contributed by atoms with Crippen LogP contribution < -0.4 is 5.32 Å². The van der Waals surface area contributed by atoms with Crippen molar-refractivity contribution in [3.8, 4) is 0 Å². The van der Waals surface area contributed by atoms with Crippen LogP contribution in [0.4, 0.5) is 0 Å². The van der Waals surface area contributed by atoms with Gasteiger partial charge >= 0.3 is 5.97 Å². The van der Waals surface area contributed by atoms with Gasteiger partial charge in [0.1, 0.15) is 0 Å². The summed E-state index contributed by atoms with van der Waals surface area (Å²) >= 11 is 0. The fraction of sp³-hybridized carbons (Fsp3) is 0.917. The molecule has 0 aromatic rings. The van der Waals surface area contributed by atoms with Crippen LogP contribution in [0.5, 0.6) is 0 Å². The zero-order valence-corrected chi connectivity index (χ0v) is 9.56. The molecule has 3 rings (SSSR count). The highest BCUT2D eigenvalue weighted by molar-refractivity contribution is 5.71. The topological polar surface area (TPSA) is 52.6 Å². The number of hydrogen-bond acceptors (Lipinski definition) is 3. The second kappa shape index (κ2) is 4.00. The van der Waals surface area contributed by atoms with Crippen molar-refractivity contribution < 1.29 is 9.90 Å². The number of piperazine rings is 1. The van der Waals surface area contributed by atoms with Gasteiger partial charge in [0, 0.05) is 32.2 Å². The quantitative estimate of drug-likeness (QED) is 0.712. The Kier molecular flexibility index (Phi) is 2.64. The molecule has 2 unspecified atom stereocenters. The first kappa shape index (κ1) is 10.5. The second-order valence-corrected chi connectivity index (χ2v) is 5.53. The molecule has 1 aliphatic heterocycles. The SMILES string of the molecule is O=C(O)C1C[C@H]2C[C@@H]1CC2N1CCNCC1. The van der Waals surface area contributed by atoms with Crippen molar-refractivity contribution in [2.75, 3.05) is 26.2 Å². The van der Waals surface area contributed by atoms with Crippen molar-refractivity contribution in [2.45, 2.75) is 25.3 Å². The largest absolute Gasteiger partial charge is 0.481 e. The molecule has 3 aliphatic rings. The summed E-state index contributed by atoms with van der Waals surface area (Å²) in [6.45, 7) is 4.48. The summed E-state index contributed by atoms with van der Waals surface area (Å²) in [6.07, 6.45) is 3.21. The molecule has 3 fully saturated rings. The van der Waals surface area contributed by atoms with Crippen LogP contribution in [0.15, 0.2) is 0 Å². The van der Waals surface area contributed by atoms with E-state index < -0.39 is 5.97 Å². The summed E-state index contributed by atoms with van der Waals surface area (Å²) in [5.41, 5.74) is 0. The third-order valence-corrected chi connectivity index (χ3v) is 4.76. The molecule has 0 spiro atoms. The smallest absolute Gasteiger partial charge is 0.306 e. The number of carboxylic acids is 1. The highest BCUT2D eigenvalue weighted by atomic mass is 16.4. The van der Waals surface area contributed by atoms with Gasteiger partial charge in [-0.15, -0.1) is 0 Å². The van der Waals surface area contributed by atoms with Crippen LogP contribution in [0.25, 0.3) is 0 Å². The molecule has 4 heteroatoms. The number of carbonyl (C=O) groups is 1. The molecule has 4 atom stereocenters. The molecule has 2 N–H and O–H groups in total. The molecule has 2 bridgehead atoms. The lowest BCUT2D eigenvalue weighted by atomic mass is 9.85. The lowest BCUT2D eigenvalue weighted by Crippen LogP contribution is -2.50. The Balaban J connectivity index is 1.63. The molecule has 0 amide bonds. The van der Waals surface area contributed by atoms with Gasteiger partial charge in [0.05, 0.1) is 5.92 Å². The summed E-state index contributed by atoms with van der Waals surface area (Å²) in [5, 5.41) is 12.5. The minimum Gasteiger partial charge on any atom is -0.481 e. The standard InChI is InChI=1S/C12H20N2O2/c15-12(16)10-6-9-5-8(10)7-11(9)14-3-1-13-2-4-14/h8-11,13H,1-7H2,(H,15,16)/t8-,9-,10?,11?/m1/s1. The number of fused-ring (bicyclic) bond motifs is 2. The van der Waals surface area contributed by atoms with E-state index in [9.17, 15) is 4.79 Å². The molecule has 0 aromatic carbocycles. The third-order valence-electron chi connectivity index (χ3n) is 4.76. The molecular weight excluding hydrogens is 204 g/mol. The molecule has 1 saturated heterocycles. The summed E-state index contributed by atoms with van der Waals surface area (Å²) < 4.78 is 0. The second-order valence-electron chi connectivity index (χ2n) is 5.53. The summed E-state index contributed by atoms with van der Waals surface area (Å²) in [6, 6.07) is 0.683. The normalized spacial score (nSPS) is 43.8. The minimum absolute atomic E-state index is 0.0378. The van der Waals surface area contributed by atoms with Gasteiger partial charge in [-0.2, -0.15) is 0 Å². The third kappa shape index (κ3) is 1.64. The molecule has 1 heterocycles. The van der Waals surface area contributed by atoms with Crippen LogP contribution in [0.3, 0.4) is 0 Å². The first-order chi connectivity index (χ1) is 7.75. The van der Waals surface area contributed by atoms with Crippen molar-refractivity contribution in [1.29, 1.82) is 0 Å². The maximum Gasteiger partial charge on any atom is 0.306 e. The van der Waals surface area contributed by atoms with Gasteiger partial charge in [0.15, 0.2) is 0 Å². The Morgan fingerprint density at radius 2 is 1.88 bits per heavy atom. The molecule has 4 nitrogen and oxygen atoms in total. The van der Waals surface area contributed by atoms with Crippen LogP contribution in [-0.4, -0.2) is 48.2 Å². The van der Waals surface area contributed by atoms with Crippen molar-refractivity contribution in [3.05, 3.63) is 0 Å². The highest BCUT2D eigenvalue weighted by Gasteiger charge is 2.50. The van der Waals surface area contributed by atoms with E-state index in [0.717, 1.165) is 45.4 Å². The molecule has 90 valence electrons. The monoisotopic (exact) mass is 224 g/mol. The van der Waals surface area contributed by atoms with Gasteiger partial charge < -0.3 is 10.4 Å². The van der Waals surface area contributed by atoms with Gasteiger partial charge in [-0.1, -0.05) is 0 Å². The average molecular weight is 224 g/mol. The Bertz CT molecular complexity index is 289. The zero-order valence-electron chi connectivity index (χ0n) is 9.56. The lowest BCUT2D eigenvalue weighted by molar-refractivity contribution is -0.143. The van der Waals surface area contributed by atoms with E-state index in [1.54, 1.807) is 0 Å². The Morgan fingerprint density at radius 3 is 2.44 bits per heavy atom. The summed E-state index contributed by atoms with van der Waals surface area (Å²) in [5.74, 6) is 0.516. The van der Waals surface area contributed by atoms with Gasteiger partial charge in [0.2, 0.25) is 0 Å². The first-order valence-corrected chi connectivity index (χ1v) is 6.43. The summed E-state index contributed by atoms with van der Waals surface area (Å²) in [4.78, 5) is 13.6. The van der Waals surface area contributed by atoms with Crippen LogP contribution in [0.1, 0.15) is 19.3 Å². The molecular formula is C12H20N2O2. The number of nitrogens with zero attached hydrogens (tertiary/aromatic N) is 1. The van der Waals surface area contributed by atoms with E-state index in [0.29, 0.717) is 17.9 Å². The van der Waals surface area contributed by atoms with E-state index in [1.807, 2.05) is 0 Å². The van der Waals surface area contributed by atoms with Gasteiger partial charge in [-0.3, -0.25) is 9.69 Å². The van der Waals surface area contributed by atoms with Gasteiger partial charge in [-0.25, -0.2) is 0 Å². The van der Waals surface area contributed by atoms with Gasteiger partial charge in [0.25, 0.3) is 0 Å². The number of nitrogens with one attached hydrogen (secondary N) is 1. The molecule has 0 radical (unpaired) electrons. The maximum absolute atomic E-state index is 11.1. The van der Waals surface area contributed by atoms with Crippen molar-refractivity contribution in [1.82, 2.24) is 10.2 Å². The van der Waals surface area contributed by atoms with Crippen molar-refractivity contribution >= 4 is 5.97 Å². The minimum atomic E-state index is -0.564. The number of hydrogen-bond donors (Lipinski definition) is 2. The fourth-order valence-corrected chi connectivity index (χ4v) is 4.01. The molecule has 2 aliphatic carbocycles. The van der Waals surface area contributed by atoms with Gasteiger partial charge in [-0.05, 0) is 31.1 Å².